The summed E-state index contributed by atoms with van der Waals surface area (Å²) in [5.74, 6) is -0.0450. The lowest BCUT2D eigenvalue weighted by Crippen LogP contribution is -2.45. The van der Waals surface area contributed by atoms with Crippen molar-refractivity contribution in [2.75, 3.05) is 13.1 Å². The fourth-order valence-electron chi connectivity index (χ4n) is 1.59. The van der Waals surface area contributed by atoms with E-state index in [1.807, 2.05) is 6.41 Å². The summed E-state index contributed by atoms with van der Waals surface area (Å²) in [7, 11) is 0. The Balaban J connectivity index is 2.35. The van der Waals surface area contributed by atoms with Gasteiger partial charge in [-0.25, -0.2) is 0 Å². The second kappa shape index (κ2) is 4.84. The van der Waals surface area contributed by atoms with Crippen LogP contribution in [0.2, 0.25) is 0 Å². The first kappa shape index (κ1) is 10.0. The smallest absolute Gasteiger partial charge is 0.312 e. The molecule has 13 heavy (non-hydrogen) atoms. The van der Waals surface area contributed by atoms with Crippen molar-refractivity contribution < 1.29 is 9.59 Å². The summed E-state index contributed by atoms with van der Waals surface area (Å²) in [6.45, 7) is 2.82. The summed E-state index contributed by atoms with van der Waals surface area (Å²) in [6, 6.07) is 0.148. The SMILES string of the molecule is CC(=O)NCC1CCCCN1[C]=O. The second-order valence-corrected chi connectivity index (χ2v) is 3.37. The molecule has 0 bridgehead atoms. The van der Waals surface area contributed by atoms with Crippen molar-refractivity contribution in [2.45, 2.75) is 32.2 Å². The molecule has 4 nitrogen and oxygen atoms in total. The Labute approximate surface area is 78.3 Å². The molecule has 1 saturated heterocycles. The lowest BCUT2D eigenvalue weighted by atomic mass is 10.0. The maximum absolute atomic E-state index is 10.7. The zero-order valence-corrected chi connectivity index (χ0v) is 7.88. The van der Waals surface area contributed by atoms with Gasteiger partial charge in [0.2, 0.25) is 5.91 Å². The van der Waals surface area contributed by atoms with Crippen LogP contribution in [0.25, 0.3) is 0 Å². The molecular formula is C9H15N2O2. The molecule has 1 unspecified atom stereocenters. The van der Waals surface area contributed by atoms with Gasteiger partial charge in [0.05, 0.1) is 0 Å². The fourth-order valence-corrected chi connectivity index (χ4v) is 1.59. The van der Waals surface area contributed by atoms with Crippen LogP contribution >= 0.6 is 0 Å². The van der Waals surface area contributed by atoms with Crippen LogP contribution in [0.3, 0.4) is 0 Å². The minimum atomic E-state index is -0.0450. The minimum Gasteiger partial charge on any atom is -0.354 e. The van der Waals surface area contributed by atoms with Crippen molar-refractivity contribution in [3.8, 4) is 0 Å². The number of nitrogens with one attached hydrogen (secondary N) is 1. The highest BCUT2D eigenvalue weighted by Crippen LogP contribution is 2.14. The third-order valence-corrected chi connectivity index (χ3v) is 2.33. The minimum absolute atomic E-state index is 0.0450. The third kappa shape index (κ3) is 3.05. The van der Waals surface area contributed by atoms with Crippen molar-refractivity contribution in [2.24, 2.45) is 0 Å². The van der Waals surface area contributed by atoms with E-state index in [4.69, 9.17) is 0 Å². The van der Waals surface area contributed by atoms with Crippen molar-refractivity contribution in [3.63, 3.8) is 0 Å². The van der Waals surface area contributed by atoms with E-state index in [2.05, 4.69) is 5.32 Å². The number of amides is 2. The van der Waals surface area contributed by atoms with Crippen LogP contribution in [0.1, 0.15) is 26.2 Å². The van der Waals surface area contributed by atoms with Crippen LogP contribution in [0.5, 0.6) is 0 Å². The van der Waals surface area contributed by atoms with Crippen LogP contribution in [-0.4, -0.2) is 36.3 Å². The van der Waals surface area contributed by atoms with E-state index in [0.29, 0.717) is 6.54 Å². The van der Waals surface area contributed by atoms with E-state index < -0.39 is 0 Å². The Hall–Kier alpha value is -1.06. The maximum atomic E-state index is 10.7. The van der Waals surface area contributed by atoms with Gasteiger partial charge in [0, 0.05) is 26.1 Å². The number of hydrogen-bond acceptors (Lipinski definition) is 2. The van der Waals surface area contributed by atoms with E-state index in [-0.39, 0.29) is 11.9 Å². The number of nitrogens with zero attached hydrogens (tertiary/aromatic N) is 1. The number of likely N-dealkylation sites (tertiary alicyclic amines) is 1. The number of hydrogen-bond donors (Lipinski definition) is 1. The monoisotopic (exact) mass is 183 g/mol. The average molecular weight is 183 g/mol. The van der Waals surface area contributed by atoms with Gasteiger partial charge in [0.1, 0.15) is 0 Å². The molecule has 1 heterocycles. The topological polar surface area (TPSA) is 49.4 Å². The van der Waals surface area contributed by atoms with Crippen molar-refractivity contribution in [3.05, 3.63) is 0 Å². The summed E-state index contributed by atoms with van der Waals surface area (Å²) in [5, 5.41) is 2.72. The van der Waals surface area contributed by atoms with E-state index in [1.165, 1.54) is 6.92 Å². The van der Waals surface area contributed by atoms with Crippen molar-refractivity contribution in [1.29, 1.82) is 0 Å². The van der Waals surface area contributed by atoms with E-state index in [9.17, 15) is 9.59 Å². The molecule has 0 aromatic heterocycles. The molecule has 0 spiro atoms. The fraction of sp³-hybridized carbons (Fsp3) is 0.778. The zero-order chi connectivity index (χ0) is 9.68. The van der Waals surface area contributed by atoms with E-state index >= 15 is 0 Å². The molecule has 4 heteroatoms. The number of piperidine rings is 1. The lowest BCUT2D eigenvalue weighted by Gasteiger charge is -2.31. The first-order valence-electron chi connectivity index (χ1n) is 4.63. The van der Waals surface area contributed by atoms with Gasteiger partial charge in [0.25, 0.3) is 0 Å². The Morgan fingerprint density at radius 2 is 2.38 bits per heavy atom. The standard InChI is InChI=1S/C9H15N2O2/c1-8(13)10-6-9-4-2-3-5-11(9)7-12/h9H,2-6H2,1H3,(H,10,13). The molecule has 1 N–H and O–H groups in total. The first-order valence-corrected chi connectivity index (χ1v) is 4.63. The Morgan fingerprint density at radius 1 is 1.62 bits per heavy atom. The number of carbonyl (C=O) groups is 1. The predicted octanol–water partition coefficient (Wildman–Crippen LogP) is 0.0442. The zero-order valence-electron chi connectivity index (χ0n) is 7.88. The molecule has 0 saturated carbocycles. The maximum Gasteiger partial charge on any atom is 0.312 e. The van der Waals surface area contributed by atoms with Crippen LogP contribution in [0.15, 0.2) is 0 Å². The van der Waals surface area contributed by atoms with Crippen molar-refractivity contribution in [1.82, 2.24) is 10.2 Å². The average Bonchev–Trinajstić information content (AvgIpc) is 2.15. The van der Waals surface area contributed by atoms with Crippen LogP contribution in [-0.2, 0) is 9.59 Å². The second-order valence-electron chi connectivity index (χ2n) is 3.37. The van der Waals surface area contributed by atoms with Gasteiger partial charge in [-0.3, -0.25) is 9.59 Å². The molecule has 1 radical (unpaired) electrons. The normalized spacial score (nSPS) is 22.5. The first-order chi connectivity index (χ1) is 6.24. The van der Waals surface area contributed by atoms with Gasteiger partial charge in [-0.1, -0.05) is 0 Å². The van der Waals surface area contributed by atoms with Crippen LogP contribution < -0.4 is 5.32 Å². The molecule has 1 fully saturated rings. The lowest BCUT2D eigenvalue weighted by molar-refractivity contribution is -0.119. The number of carbonyl (C=O) groups excluding carboxylic acids is 2. The molecule has 2 amide bonds. The van der Waals surface area contributed by atoms with E-state index in [0.717, 1.165) is 25.8 Å². The van der Waals surface area contributed by atoms with Crippen molar-refractivity contribution >= 4 is 12.3 Å². The Bertz CT molecular complexity index is 194. The van der Waals surface area contributed by atoms with Gasteiger partial charge in [-0.2, -0.15) is 0 Å². The summed E-state index contributed by atoms with van der Waals surface area (Å²) >= 11 is 0. The molecule has 1 rings (SSSR count). The third-order valence-electron chi connectivity index (χ3n) is 2.33. The van der Waals surface area contributed by atoms with Gasteiger partial charge >= 0.3 is 6.41 Å². The summed E-state index contributed by atoms with van der Waals surface area (Å²) in [4.78, 5) is 22.8. The van der Waals surface area contributed by atoms with Crippen LogP contribution in [0.4, 0.5) is 0 Å². The Kier molecular flexibility index (Phi) is 3.73. The summed E-state index contributed by atoms with van der Waals surface area (Å²) in [5.41, 5.74) is 0. The van der Waals surface area contributed by atoms with Gasteiger partial charge in [0.15, 0.2) is 0 Å². The molecule has 1 atom stereocenters. The summed E-state index contributed by atoms with van der Waals surface area (Å²) in [6.07, 6.45) is 5.05. The largest absolute Gasteiger partial charge is 0.354 e. The predicted molar refractivity (Wildman–Crippen MR) is 48.7 cm³/mol. The van der Waals surface area contributed by atoms with Gasteiger partial charge in [-0.15, -0.1) is 0 Å². The highest BCUT2D eigenvalue weighted by atomic mass is 16.1. The number of rotatable bonds is 3. The Morgan fingerprint density at radius 3 is 3.00 bits per heavy atom. The molecule has 0 aliphatic carbocycles. The van der Waals surface area contributed by atoms with Gasteiger partial charge < -0.3 is 10.2 Å². The van der Waals surface area contributed by atoms with E-state index in [1.54, 1.807) is 4.90 Å². The summed E-state index contributed by atoms with van der Waals surface area (Å²) < 4.78 is 0. The quantitative estimate of drug-likeness (QED) is 0.671. The van der Waals surface area contributed by atoms with Crippen LogP contribution in [0, 0.1) is 0 Å². The molecule has 0 aromatic carbocycles. The molecule has 0 aromatic rings. The molecule has 73 valence electrons. The molecular weight excluding hydrogens is 168 g/mol. The highest BCUT2D eigenvalue weighted by Gasteiger charge is 2.21. The molecule has 1 aliphatic heterocycles. The van der Waals surface area contributed by atoms with Gasteiger partial charge in [-0.05, 0) is 19.3 Å². The highest BCUT2D eigenvalue weighted by molar-refractivity contribution is 5.72. The molecule has 1 aliphatic rings.